The second-order valence-corrected chi connectivity index (χ2v) is 7.90. The van der Waals surface area contributed by atoms with Gasteiger partial charge in [-0.15, -0.1) is 0 Å². The lowest BCUT2D eigenvalue weighted by Gasteiger charge is -2.22. The van der Waals surface area contributed by atoms with Gasteiger partial charge in [-0.2, -0.15) is 0 Å². The predicted octanol–water partition coefficient (Wildman–Crippen LogP) is 4.31. The predicted molar refractivity (Wildman–Crippen MR) is 119 cm³/mol. The minimum atomic E-state index is -0.192. The van der Waals surface area contributed by atoms with Crippen LogP contribution in [0.25, 0.3) is 0 Å². The average Bonchev–Trinajstić information content (AvgIpc) is 3.03. The van der Waals surface area contributed by atoms with Crippen molar-refractivity contribution in [2.75, 3.05) is 32.8 Å². The summed E-state index contributed by atoms with van der Waals surface area (Å²) in [7, 11) is 0. The van der Waals surface area contributed by atoms with Gasteiger partial charge in [0.05, 0.1) is 6.61 Å². The first-order valence-corrected chi connectivity index (χ1v) is 11.1. The molecule has 0 unspecified atom stereocenters. The number of nitrogens with zero attached hydrogens (tertiary/aromatic N) is 2. The lowest BCUT2D eigenvalue weighted by molar-refractivity contribution is -0.131. The first-order chi connectivity index (χ1) is 15.1. The van der Waals surface area contributed by atoms with Crippen molar-refractivity contribution in [3.63, 3.8) is 0 Å². The van der Waals surface area contributed by atoms with E-state index in [0.717, 1.165) is 25.1 Å². The van der Waals surface area contributed by atoms with Crippen molar-refractivity contribution in [3.05, 3.63) is 65.5 Å². The molecule has 1 heterocycles. The highest BCUT2D eigenvalue weighted by Gasteiger charge is 2.20. The van der Waals surface area contributed by atoms with Crippen LogP contribution >= 0.6 is 0 Å². The van der Waals surface area contributed by atoms with E-state index in [2.05, 4.69) is 4.90 Å². The van der Waals surface area contributed by atoms with Gasteiger partial charge in [0.1, 0.15) is 11.6 Å². The Morgan fingerprint density at radius 1 is 0.968 bits per heavy atom. The van der Waals surface area contributed by atoms with E-state index < -0.39 is 0 Å². The van der Waals surface area contributed by atoms with E-state index in [9.17, 15) is 14.0 Å². The summed E-state index contributed by atoms with van der Waals surface area (Å²) in [5, 5.41) is 0. The van der Waals surface area contributed by atoms with Crippen LogP contribution in [-0.4, -0.2) is 54.3 Å². The number of hydrogen-bond donors (Lipinski definition) is 0. The number of hydrogen-bond acceptors (Lipinski definition) is 4. The number of amides is 1. The fourth-order valence-electron chi connectivity index (χ4n) is 3.73. The number of carbonyl (C=O) groups excluding carboxylic acids is 2. The zero-order chi connectivity index (χ0) is 22.1. The Balaban J connectivity index is 1.45. The van der Waals surface area contributed by atoms with Gasteiger partial charge in [0.2, 0.25) is 5.91 Å². The average molecular weight is 427 g/mol. The van der Waals surface area contributed by atoms with Crippen molar-refractivity contribution in [1.82, 2.24) is 9.80 Å². The number of ketones is 1. The Hall–Kier alpha value is -2.73. The number of rotatable bonds is 9. The quantitative estimate of drug-likeness (QED) is 0.561. The van der Waals surface area contributed by atoms with Gasteiger partial charge >= 0.3 is 0 Å². The molecule has 0 saturated carbocycles. The van der Waals surface area contributed by atoms with Gasteiger partial charge in [0.25, 0.3) is 0 Å². The molecule has 1 aliphatic heterocycles. The van der Waals surface area contributed by atoms with E-state index in [-0.39, 0.29) is 30.3 Å². The molecule has 2 aromatic carbocycles. The smallest absolute Gasteiger partial charge is 0.223 e. The minimum absolute atomic E-state index is 0.00370. The Morgan fingerprint density at radius 3 is 2.48 bits per heavy atom. The monoisotopic (exact) mass is 426 g/mol. The molecule has 0 radical (unpaired) electrons. The second-order valence-electron chi connectivity index (χ2n) is 7.90. The summed E-state index contributed by atoms with van der Waals surface area (Å²) in [5.74, 6) is 0.525. The van der Waals surface area contributed by atoms with Crippen molar-refractivity contribution < 1.29 is 18.7 Å². The molecule has 2 aromatic rings. The SMILES string of the molecule is CCCOc1ccc(C(=O)CCC(=O)N2CCCN(Cc3ccccc3F)CC2)cc1. The molecule has 0 aliphatic carbocycles. The zero-order valence-electron chi connectivity index (χ0n) is 18.2. The Labute approximate surface area is 183 Å². The number of carbonyl (C=O) groups is 2. The first-order valence-electron chi connectivity index (χ1n) is 11.1. The normalized spacial score (nSPS) is 14.8. The van der Waals surface area contributed by atoms with E-state index in [4.69, 9.17) is 4.74 Å². The maximum Gasteiger partial charge on any atom is 0.223 e. The van der Waals surface area contributed by atoms with E-state index in [1.807, 2.05) is 17.9 Å². The highest BCUT2D eigenvalue weighted by molar-refractivity contribution is 5.98. The topological polar surface area (TPSA) is 49.9 Å². The molecule has 6 heteroatoms. The summed E-state index contributed by atoms with van der Waals surface area (Å²) in [6, 6.07) is 13.9. The van der Waals surface area contributed by atoms with Crippen LogP contribution in [0.2, 0.25) is 0 Å². The largest absolute Gasteiger partial charge is 0.494 e. The lowest BCUT2D eigenvalue weighted by atomic mass is 10.1. The second kappa shape index (κ2) is 11.6. The molecule has 31 heavy (non-hydrogen) atoms. The lowest BCUT2D eigenvalue weighted by Crippen LogP contribution is -2.35. The van der Waals surface area contributed by atoms with E-state index in [0.29, 0.717) is 43.9 Å². The van der Waals surface area contributed by atoms with E-state index in [1.165, 1.54) is 6.07 Å². The van der Waals surface area contributed by atoms with Crippen LogP contribution in [0.1, 0.15) is 48.5 Å². The molecule has 1 aliphatic rings. The molecule has 166 valence electrons. The molecule has 0 atom stereocenters. The van der Waals surface area contributed by atoms with Gasteiger partial charge in [-0.1, -0.05) is 25.1 Å². The Bertz CT molecular complexity index is 869. The summed E-state index contributed by atoms with van der Waals surface area (Å²) in [6.07, 6.45) is 2.18. The van der Waals surface area contributed by atoms with Crippen LogP contribution in [0.5, 0.6) is 5.75 Å². The van der Waals surface area contributed by atoms with Crippen molar-refractivity contribution >= 4 is 11.7 Å². The summed E-state index contributed by atoms with van der Waals surface area (Å²) in [5.41, 5.74) is 1.28. The Kier molecular flexibility index (Phi) is 8.59. The summed E-state index contributed by atoms with van der Waals surface area (Å²) in [4.78, 5) is 29.1. The molecular weight excluding hydrogens is 395 g/mol. The molecule has 5 nitrogen and oxygen atoms in total. The van der Waals surface area contributed by atoms with Crippen LogP contribution in [0.3, 0.4) is 0 Å². The maximum absolute atomic E-state index is 13.9. The van der Waals surface area contributed by atoms with Crippen LogP contribution in [0.4, 0.5) is 4.39 Å². The molecular formula is C25H31FN2O3. The minimum Gasteiger partial charge on any atom is -0.494 e. The molecule has 1 amide bonds. The highest BCUT2D eigenvalue weighted by Crippen LogP contribution is 2.16. The van der Waals surface area contributed by atoms with Crippen LogP contribution in [-0.2, 0) is 11.3 Å². The standard InChI is InChI=1S/C25H31FN2O3/c1-2-18-31-22-10-8-20(9-11-22)24(29)12-13-25(30)28-15-5-14-27(16-17-28)19-21-6-3-4-7-23(21)26/h3-4,6-11H,2,5,12-19H2,1H3. The molecule has 3 rings (SSSR count). The van der Waals surface area contributed by atoms with Gasteiger partial charge < -0.3 is 9.64 Å². The first kappa shape index (κ1) is 22.9. The summed E-state index contributed by atoms with van der Waals surface area (Å²) < 4.78 is 19.4. The third-order valence-corrected chi connectivity index (χ3v) is 5.51. The molecule has 0 aromatic heterocycles. The molecule has 1 saturated heterocycles. The van der Waals surface area contributed by atoms with Crippen LogP contribution in [0.15, 0.2) is 48.5 Å². The maximum atomic E-state index is 13.9. The fourth-order valence-corrected chi connectivity index (χ4v) is 3.73. The van der Waals surface area contributed by atoms with Crippen molar-refractivity contribution in [1.29, 1.82) is 0 Å². The molecule has 0 bridgehead atoms. The van der Waals surface area contributed by atoms with E-state index >= 15 is 0 Å². The zero-order valence-corrected chi connectivity index (χ0v) is 18.2. The molecule has 0 N–H and O–H groups in total. The third kappa shape index (κ3) is 6.89. The molecule has 1 fully saturated rings. The third-order valence-electron chi connectivity index (χ3n) is 5.51. The summed E-state index contributed by atoms with van der Waals surface area (Å²) >= 11 is 0. The van der Waals surface area contributed by atoms with Gasteiger partial charge in [-0.3, -0.25) is 14.5 Å². The van der Waals surface area contributed by atoms with Gasteiger partial charge in [0, 0.05) is 56.7 Å². The van der Waals surface area contributed by atoms with Crippen LogP contribution in [0, 0.1) is 5.82 Å². The van der Waals surface area contributed by atoms with Crippen molar-refractivity contribution in [2.45, 2.75) is 39.2 Å². The summed E-state index contributed by atoms with van der Waals surface area (Å²) in [6.45, 7) is 6.03. The molecule has 0 spiro atoms. The fraction of sp³-hybridized carbons (Fsp3) is 0.440. The van der Waals surface area contributed by atoms with Crippen molar-refractivity contribution in [2.24, 2.45) is 0 Å². The number of ether oxygens (including phenoxy) is 1. The Morgan fingerprint density at radius 2 is 1.74 bits per heavy atom. The number of Topliss-reactive ketones (excluding diaryl/α,β-unsaturated/α-hetero) is 1. The van der Waals surface area contributed by atoms with Gasteiger partial charge in [-0.25, -0.2) is 4.39 Å². The van der Waals surface area contributed by atoms with Gasteiger partial charge in [-0.05, 0) is 43.2 Å². The van der Waals surface area contributed by atoms with E-state index in [1.54, 1.807) is 36.4 Å². The van der Waals surface area contributed by atoms with Crippen molar-refractivity contribution in [3.8, 4) is 5.75 Å². The van der Waals surface area contributed by atoms with Crippen LogP contribution < -0.4 is 4.74 Å². The highest BCUT2D eigenvalue weighted by atomic mass is 19.1. The van der Waals surface area contributed by atoms with Gasteiger partial charge in [0.15, 0.2) is 5.78 Å². The number of halogens is 1. The number of benzene rings is 2.